The van der Waals surface area contributed by atoms with Crippen LogP contribution in [0.2, 0.25) is 0 Å². The van der Waals surface area contributed by atoms with Crippen molar-refractivity contribution < 1.29 is 13.9 Å². The second kappa shape index (κ2) is 8.13. The summed E-state index contributed by atoms with van der Waals surface area (Å²) in [6.07, 6.45) is 1.91. The van der Waals surface area contributed by atoms with E-state index >= 15 is 0 Å². The molecule has 0 spiro atoms. The highest BCUT2D eigenvalue weighted by Gasteiger charge is 2.27. The Bertz CT molecular complexity index is 627. The smallest absolute Gasteiger partial charge is 0.250 e. The fourth-order valence-corrected chi connectivity index (χ4v) is 2.96. The summed E-state index contributed by atoms with van der Waals surface area (Å²) in [6.45, 7) is 4.87. The van der Waals surface area contributed by atoms with Crippen molar-refractivity contribution >= 4 is 5.91 Å². The zero-order valence-corrected chi connectivity index (χ0v) is 14.0. The van der Waals surface area contributed by atoms with E-state index in [4.69, 9.17) is 9.15 Å². The lowest BCUT2D eigenvalue weighted by molar-refractivity contribution is -0.139. The van der Waals surface area contributed by atoms with E-state index in [2.05, 4.69) is 22.3 Å². The SMILES string of the molecule is C[C@H](Cc1ccco1)NC(=O)[C@@H]1CN(Cc2ccccc2)CCO1. The molecule has 2 atom stereocenters. The molecule has 128 valence electrons. The van der Waals surface area contributed by atoms with Gasteiger partial charge in [-0.15, -0.1) is 0 Å². The van der Waals surface area contributed by atoms with Crippen LogP contribution in [0.1, 0.15) is 18.2 Å². The Kier molecular flexibility index (Phi) is 5.67. The van der Waals surface area contributed by atoms with Gasteiger partial charge in [0.1, 0.15) is 11.9 Å². The third-order valence-electron chi connectivity index (χ3n) is 4.17. The van der Waals surface area contributed by atoms with Crippen LogP contribution in [0, 0.1) is 0 Å². The molecule has 1 aliphatic heterocycles. The lowest BCUT2D eigenvalue weighted by Crippen LogP contribution is -2.51. The summed E-state index contributed by atoms with van der Waals surface area (Å²) < 4.78 is 11.0. The van der Waals surface area contributed by atoms with Gasteiger partial charge in [-0.25, -0.2) is 0 Å². The van der Waals surface area contributed by atoms with Gasteiger partial charge in [0.15, 0.2) is 0 Å². The molecule has 5 nitrogen and oxygen atoms in total. The molecule has 1 fully saturated rings. The number of ether oxygens (including phenoxy) is 1. The van der Waals surface area contributed by atoms with Crippen molar-refractivity contribution in [1.29, 1.82) is 0 Å². The molecule has 3 rings (SSSR count). The third kappa shape index (κ3) is 4.69. The summed E-state index contributed by atoms with van der Waals surface area (Å²) in [4.78, 5) is 14.7. The fraction of sp³-hybridized carbons (Fsp3) is 0.421. The number of amides is 1. The number of morpholine rings is 1. The number of furan rings is 1. The van der Waals surface area contributed by atoms with Crippen molar-refractivity contribution in [2.45, 2.75) is 32.0 Å². The van der Waals surface area contributed by atoms with Crippen molar-refractivity contribution in [1.82, 2.24) is 10.2 Å². The molecule has 1 amide bonds. The number of carbonyl (C=O) groups excluding carboxylic acids is 1. The molecule has 1 saturated heterocycles. The molecular weight excluding hydrogens is 304 g/mol. The van der Waals surface area contributed by atoms with Gasteiger partial charge < -0.3 is 14.5 Å². The Morgan fingerprint density at radius 1 is 1.29 bits per heavy atom. The van der Waals surface area contributed by atoms with E-state index in [0.29, 0.717) is 19.6 Å². The van der Waals surface area contributed by atoms with Crippen molar-refractivity contribution in [3.05, 3.63) is 60.1 Å². The number of hydrogen-bond acceptors (Lipinski definition) is 4. The topological polar surface area (TPSA) is 54.7 Å². The average Bonchev–Trinajstić information content (AvgIpc) is 3.09. The van der Waals surface area contributed by atoms with Crippen molar-refractivity contribution in [3.8, 4) is 0 Å². The standard InChI is InChI=1S/C19H24N2O3/c1-15(12-17-8-5-10-23-17)20-19(22)18-14-21(9-11-24-18)13-16-6-3-2-4-7-16/h2-8,10,15,18H,9,11-14H2,1H3,(H,20,22)/t15-,18+/m1/s1. The molecule has 2 aromatic rings. The van der Waals surface area contributed by atoms with E-state index in [-0.39, 0.29) is 11.9 Å². The van der Waals surface area contributed by atoms with Gasteiger partial charge in [0.2, 0.25) is 0 Å². The first kappa shape index (κ1) is 16.7. The second-order valence-electron chi connectivity index (χ2n) is 6.27. The number of hydrogen-bond donors (Lipinski definition) is 1. The molecule has 0 saturated carbocycles. The first-order chi connectivity index (χ1) is 11.7. The van der Waals surface area contributed by atoms with E-state index in [1.165, 1.54) is 5.56 Å². The molecule has 2 heterocycles. The van der Waals surface area contributed by atoms with Gasteiger partial charge in [-0.1, -0.05) is 30.3 Å². The molecule has 1 aromatic carbocycles. The predicted octanol–water partition coefficient (Wildman–Crippen LogP) is 2.23. The van der Waals surface area contributed by atoms with Crippen LogP contribution >= 0.6 is 0 Å². The number of nitrogens with zero attached hydrogens (tertiary/aromatic N) is 1. The van der Waals surface area contributed by atoms with Crippen molar-refractivity contribution in [3.63, 3.8) is 0 Å². The lowest BCUT2D eigenvalue weighted by Gasteiger charge is -2.32. The fourth-order valence-electron chi connectivity index (χ4n) is 2.96. The Morgan fingerprint density at radius 2 is 2.12 bits per heavy atom. The van der Waals surface area contributed by atoms with Crippen molar-refractivity contribution in [2.75, 3.05) is 19.7 Å². The molecule has 24 heavy (non-hydrogen) atoms. The molecule has 0 unspecified atom stereocenters. The molecule has 1 aliphatic rings. The van der Waals surface area contributed by atoms with Crippen LogP contribution in [0.25, 0.3) is 0 Å². The highest BCUT2D eigenvalue weighted by Crippen LogP contribution is 2.11. The van der Waals surface area contributed by atoms with E-state index in [0.717, 1.165) is 18.8 Å². The summed E-state index contributed by atoms with van der Waals surface area (Å²) in [7, 11) is 0. The van der Waals surface area contributed by atoms with Crippen LogP contribution in [0.5, 0.6) is 0 Å². The Morgan fingerprint density at radius 3 is 2.88 bits per heavy atom. The number of rotatable bonds is 6. The molecule has 1 N–H and O–H groups in total. The normalized spacial score (nSPS) is 19.8. The highest BCUT2D eigenvalue weighted by atomic mass is 16.5. The molecule has 0 bridgehead atoms. The van der Waals surface area contributed by atoms with Gasteiger partial charge in [0.25, 0.3) is 5.91 Å². The van der Waals surface area contributed by atoms with Crippen LogP contribution in [-0.2, 0) is 22.5 Å². The van der Waals surface area contributed by atoms with Crippen LogP contribution < -0.4 is 5.32 Å². The quantitative estimate of drug-likeness (QED) is 0.883. The molecular formula is C19H24N2O3. The molecule has 5 heteroatoms. The molecule has 0 radical (unpaired) electrons. The van der Waals surface area contributed by atoms with Crippen LogP contribution in [0.3, 0.4) is 0 Å². The van der Waals surface area contributed by atoms with Gasteiger partial charge in [-0.3, -0.25) is 9.69 Å². The minimum absolute atomic E-state index is 0.0109. The summed E-state index contributed by atoms with van der Waals surface area (Å²) in [5.74, 6) is 0.824. The van der Waals surface area contributed by atoms with Gasteiger partial charge in [0.05, 0.1) is 12.9 Å². The Balaban J connectivity index is 1.49. The summed E-state index contributed by atoms with van der Waals surface area (Å²) in [5.41, 5.74) is 1.25. The maximum absolute atomic E-state index is 12.4. The van der Waals surface area contributed by atoms with Gasteiger partial charge >= 0.3 is 0 Å². The average molecular weight is 328 g/mol. The summed E-state index contributed by atoms with van der Waals surface area (Å²) >= 11 is 0. The summed E-state index contributed by atoms with van der Waals surface area (Å²) in [6, 6.07) is 14.1. The first-order valence-corrected chi connectivity index (χ1v) is 8.41. The van der Waals surface area contributed by atoms with E-state index in [1.807, 2.05) is 37.3 Å². The third-order valence-corrected chi connectivity index (χ3v) is 4.17. The maximum Gasteiger partial charge on any atom is 0.250 e. The summed E-state index contributed by atoms with van der Waals surface area (Å²) in [5, 5.41) is 3.02. The zero-order valence-electron chi connectivity index (χ0n) is 14.0. The largest absolute Gasteiger partial charge is 0.469 e. The first-order valence-electron chi connectivity index (χ1n) is 8.41. The van der Waals surface area contributed by atoms with Crippen LogP contribution in [0.4, 0.5) is 0 Å². The lowest BCUT2D eigenvalue weighted by atomic mass is 10.1. The Labute approximate surface area is 142 Å². The zero-order chi connectivity index (χ0) is 16.8. The van der Waals surface area contributed by atoms with Crippen molar-refractivity contribution in [2.24, 2.45) is 0 Å². The predicted molar refractivity (Wildman–Crippen MR) is 91.5 cm³/mol. The number of carbonyl (C=O) groups is 1. The van der Waals surface area contributed by atoms with E-state index in [1.54, 1.807) is 6.26 Å². The van der Waals surface area contributed by atoms with E-state index in [9.17, 15) is 4.79 Å². The Hall–Kier alpha value is -2.11. The number of nitrogens with one attached hydrogen (secondary N) is 1. The highest BCUT2D eigenvalue weighted by molar-refractivity contribution is 5.81. The van der Waals surface area contributed by atoms with Gasteiger partial charge in [-0.05, 0) is 24.6 Å². The molecule has 0 aliphatic carbocycles. The minimum atomic E-state index is -0.415. The second-order valence-corrected chi connectivity index (χ2v) is 6.27. The van der Waals surface area contributed by atoms with Gasteiger partial charge in [0, 0.05) is 32.1 Å². The molecule has 1 aromatic heterocycles. The van der Waals surface area contributed by atoms with Crippen LogP contribution in [0.15, 0.2) is 53.1 Å². The van der Waals surface area contributed by atoms with E-state index < -0.39 is 6.10 Å². The monoisotopic (exact) mass is 328 g/mol. The number of benzene rings is 1. The minimum Gasteiger partial charge on any atom is -0.469 e. The van der Waals surface area contributed by atoms with Crippen LogP contribution in [-0.4, -0.2) is 42.6 Å². The maximum atomic E-state index is 12.4. The van der Waals surface area contributed by atoms with Gasteiger partial charge in [-0.2, -0.15) is 0 Å².